The molecular formula is C22H24F6N2O3S. The van der Waals surface area contributed by atoms with Gasteiger partial charge in [-0.1, -0.05) is 13.5 Å². The summed E-state index contributed by atoms with van der Waals surface area (Å²) in [6.45, 7) is 2.71. The van der Waals surface area contributed by atoms with Crippen molar-refractivity contribution < 1.29 is 39.6 Å². The van der Waals surface area contributed by atoms with Crippen LogP contribution in [0.3, 0.4) is 0 Å². The third kappa shape index (κ3) is 5.21. The van der Waals surface area contributed by atoms with Gasteiger partial charge in [0, 0.05) is 19.2 Å². The number of carbonyl (C=O) groups excluding carboxylic acids is 1. The van der Waals surface area contributed by atoms with Gasteiger partial charge in [-0.2, -0.15) is 26.3 Å². The van der Waals surface area contributed by atoms with E-state index in [4.69, 9.17) is 0 Å². The second-order valence-corrected chi connectivity index (χ2v) is 10.8. The summed E-state index contributed by atoms with van der Waals surface area (Å²) in [6.07, 6.45) is -8.78. The van der Waals surface area contributed by atoms with Crippen LogP contribution in [0, 0.1) is 5.92 Å². The Morgan fingerprint density at radius 3 is 2.09 bits per heavy atom. The molecule has 0 bridgehead atoms. The van der Waals surface area contributed by atoms with Crippen molar-refractivity contribution in [3.8, 4) is 0 Å². The van der Waals surface area contributed by atoms with Crippen molar-refractivity contribution in [3.05, 3.63) is 53.7 Å². The Balaban J connectivity index is 0.00000408. The van der Waals surface area contributed by atoms with Gasteiger partial charge in [0.1, 0.15) is 5.82 Å². The molecule has 0 N–H and O–H groups in total. The van der Waals surface area contributed by atoms with Gasteiger partial charge in [0.05, 0.1) is 20.8 Å². The van der Waals surface area contributed by atoms with E-state index < -0.39 is 54.8 Å². The van der Waals surface area contributed by atoms with Crippen LogP contribution in [0.1, 0.15) is 45.2 Å². The second-order valence-electron chi connectivity index (χ2n) is 8.27. The molecule has 1 saturated heterocycles. The van der Waals surface area contributed by atoms with Crippen molar-refractivity contribution >= 4 is 21.6 Å². The molecule has 1 aromatic carbocycles. The van der Waals surface area contributed by atoms with Gasteiger partial charge < -0.3 is 0 Å². The van der Waals surface area contributed by atoms with Crippen LogP contribution < -0.4 is 4.90 Å². The van der Waals surface area contributed by atoms with Crippen molar-refractivity contribution in [3.63, 3.8) is 0 Å². The Bertz CT molecular complexity index is 1140. The topological polar surface area (TPSA) is 67.3 Å². The average molecular weight is 511 g/mol. The molecule has 3 rings (SSSR count). The lowest BCUT2D eigenvalue weighted by Crippen LogP contribution is -2.48. The van der Waals surface area contributed by atoms with Crippen LogP contribution in [0.5, 0.6) is 0 Å². The highest BCUT2D eigenvalue weighted by Crippen LogP contribution is 2.40. The van der Waals surface area contributed by atoms with E-state index in [1.54, 1.807) is 0 Å². The molecule has 0 radical (unpaired) electrons. The van der Waals surface area contributed by atoms with Crippen LogP contribution >= 0.6 is 0 Å². The molecule has 188 valence electrons. The van der Waals surface area contributed by atoms with Crippen LogP contribution in [0.15, 0.2) is 47.5 Å². The van der Waals surface area contributed by atoms with Crippen LogP contribution in [-0.4, -0.2) is 30.6 Å². The van der Waals surface area contributed by atoms with E-state index in [0.717, 1.165) is 30.3 Å². The van der Waals surface area contributed by atoms with Gasteiger partial charge >= 0.3 is 12.4 Å². The highest BCUT2D eigenvalue weighted by atomic mass is 32.2. The molecular weight excluding hydrogens is 486 g/mol. The Kier molecular flexibility index (Phi) is 7.47. The molecule has 0 saturated carbocycles. The zero-order valence-corrected chi connectivity index (χ0v) is 18.4. The SMILES string of the molecule is C.CC(C)([C@H]1CCN(c2ccc(C(F)(F)F)cn2)C(=O)C1)S(=O)(=O)c1cccc(C(F)(F)F)c1. The Morgan fingerprint density at radius 1 is 0.971 bits per heavy atom. The molecule has 1 aromatic heterocycles. The number of carbonyl (C=O) groups is 1. The monoisotopic (exact) mass is 510 g/mol. The molecule has 5 nitrogen and oxygen atoms in total. The van der Waals surface area contributed by atoms with Crippen LogP contribution in [-0.2, 0) is 27.0 Å². The highest BCUT2D eigenvalue weighted by molar-refractivity contribution is 7.92. The maximum atomic E-state index is 13.2. The Labute approximate surface area is 193 Å². The first kappa shape index (κ1) is 27.6. The molecule has 2 aromatic rings. The van der Waals surface area contributed by atoms with Crippen molar-refractivity contribution in [2.45, 2.75) is 56.1 Å². The van der Waals surface area contributed by atoms with E-state index in [0.29, 0.717) is 12.3 Å². The van der Waals surface area contributed by atoms with E-state index in [9.17, 15) is 39.6 Å². The van der Waals surface area contributed by atoms with Crippen LogP contribution in [0.4, 0.5) is 32.2 Å². The molecule has 1 fully saturated rings. The molecule has 0 aliphatic carbocycles. The summed E-state index contributed by atoms with van der Waals surface area (Å²) in [4.78, 5) is 17.1. The molecule has 0 spiro atoms. The molecule has 2 heterocycles. The number of benzene rings is 1. The van der Waals surface area contributed by atoms with Crippen molar-refractivity contribution in [2.75, 3.05) is 11.4 Å². The number of nitrogens with zero attached hydrogens (tertiary/aromatic N) is 2. The molecule has 1 atom stereocenters. The summed E-state index contributed by atoms with van der Waals surface area (Å²) in [5, 5.41) is 0. The van der Waals surface area contributed by atoms with E-state index in [2.05, 4.69) is 4.98 Å². The number of pyridine rings is 1. The molecule has 12 heteroatoms. The van der Waals surface area contributed by atoms with Gasteiger partial charge in [-0.05, 0) is 56.5 Å². The summed E-state index contributed by atoms with van der Waals surface area (Å²) in [6, 6.07) is 5.28. The number of sulfone groups is 1. The number of hydrogen-bond donors (Lipinski definition) is 0. The second kappa shape index (κ2) is 9.20. The number of rotatable bonds is 4. The molecule has 1 aliphatic heterocycles. The van der Waals surface area contributed by atoms with Gasteiger partial charge in [0.2, 0.25) is 5.91 Å². The number of piperidine rings is 1. The fraction of sp³-hybridized carbons (Fsp3) is 0.455. The summed E-state index contributed by atoms with van der Waals surface area (Å²) >= 11 is 0. The Hall–Kier alpha value is -2.63. The highest BCUT2D eigenvalue weighted by Gasteiger charge is 2.46. The van der Waals surface area contributed by atoms with E-state index in [1.807, 2.05) is 0 Å². The molecule has 0 unspecified atom stereocenters. The Morgan fingerprint density at radius 2 is 1.59 bits per heavy atom. The lowest BCUT2D eigenvalue weighted by atomic mass is 9.85. The maximum absolute atomic E-state index is 13.2. The number of anilines is 1. The zero-order chi connectivity index (χ0) is 24.8. The lowest BCUT2D eigenvalue weighted by Gasteiger charge is -2.39. The first-order chi connectivity index (χ1) is 15.0. The largest absolute Gasteiger partial charge is 0.417 e. The van der Waals surface area contributed by atoms with Crippen molar-refractivity contribution in [2.24, 2.45) is 5.92 Å². The summed E-state index contributed by atoms with van der Waals surface area (Å²) in [7, 11) is -4.26. The zero-order valence-electron chi connectivity index (χ0n) is 17.5. The molecule has 1 aliphatic rings. The summed E-state index contributed by atoms with van der Waals surface area (Å²) in [5.41, 5.74) is -2.07. The number of amides is 1. The number of hydrogen-bond acceptors (Lipinski definition) is 4. The minimum atomic E-state index is -4.72. The summed E-state index contributed by atoms with van der Waals surface area (Å²) in [5.74, 6) is -1.26. The fourth-order valence-electron chi connectivity index (χ4n) is 3.74. The van der Waals surface area contributed by atoms with Crippen molar-refractivity contribution in [1.82, 2.24) is 4.98 Å². The lowest BCUT2D eigenvalue weighted by molar-refractivity contribution is -0.138. The minimum Gasteiger partial charge on any atom is -0.297 e. The van der Waals surface area contributed by atoms with Crippen molar-refractivity contribution in [1.29, 1.82) is 0 Å². The van der Waals surface area contributed by atoms with Gasteiger partial charge in [0.15, 0.2) is 9.84 Å². The molecule has 34 heavy (non-hydrogen) atoms. The smallest absolute Gasteiger partial charge is 0.297 e. The van der Waals surface area contributed by atoms with Gasteiger partial charge in [0.25, 0.3) is 0 Å². The van der Waals surface area contributed by atoms with Crippen LogP contribution in [0.2, 0.25) is 0 Å². The quantitative estimate of drug-likeness (QED) is 0.492. The van der Waals surface area contributed by atoms with Gasteiger partial charge in [-0.25, -0.2) is 13.4 Å². The standard InChI is InChI=1S/C21H20F6N2O3S.CH4/c1-19(2,33(31,32)16-5-3-4-14(10-16)20(22,23)24)13-8-9-29(18(30)11-13)17-7-6-15(12-28-17)21(25,26)27;/h3-7,10,12-13H,8-9,11H2,1-2H3;1H4/t13-;/m0./s1. The average Bonchev–Trinajstić information content (AvgIpc) is 2.72. The predicted octanol–water partition coefficient (Wildman–Crippen LogP) is 5.75. The molecule has 1 amide bonds. The minimum absolute atomic E-state index is 0. The number of alkyl halides is 6. The number of aromatic nitrogens is 1. The van der Waals surface area contributed by atoms with Gasteiger partial charge in [-0.3, -0.25) is 9.69 Å². The fourth-order valence-corrected chi connectivity index (χ4v) is 5.53. The third-order valence-corrected chi connectivity index (χ3v) is 8.52. The van der Waals surface area contributed by atoms with E-state index >= 15 is 0 Å². The predicted molar refractivity (Wildman–Crippen MR) is 114 cm³/mol. The van der Waals surface area contributed by atoms with Gasteiger partial charge in [-0.15, -0.1) is 0 Å². The third-order valence-electron chi connectivity index (χ3n) is 5.92. The maximum Gasteiger partial charge on any atom is 0.417 e. The van der Waals surface area contributed by atoms with E-state index in [-0.39, 0.29) is 32.6 Å². The first-order valence-corrected chi connectivity index (χ1v) is 11.3. The number of halogens is 6. The van der Waals surface area contributed by atoms with Crippen LogP contribution in [0.25, 0.3) is 0 Å². The summed E-state index contributed by atoms with van der Waals surface area (Å²) < 4.78 is 102. The first-order valence-electron chi connectivity index (χ1n) is 9.80. The normalized spacial score (nSPS) is 17.9. The van der Waals surface area contributed by atoms with E-state index in [1.165, 1.54) is 18.7 Å².